The predicted octanol–water partition coefficient (Wildman–Crippen LogP) is 1.59. The van der Waals surface area contributed by atoms with Crippen LogP contribution in [-0.4, -0.2) is 43.3 Å². The van der Waals surface area contributed by atoms with Crippen molar-refractivity contribution in [2.24, 2.45) is 11.8 Å². The van der Waals surface area contributed by atoms with Gasteiger partial charge in [-0.3, -0.25) is 9.59 Å². The van der Waals surface area contributed by atoms with E-state index in [2.05, 4.69) is 15.9 Å². The van der Waals surface area contributed by atoms with Crippen LogP contribution in [0.5, 0.6) is 0 Å². The van der Waals surface area contributed by atoms with Crippen LogP contribution in [0.25, 0.3) is 0 Å². The van der Waals surface area contributed by atoms with Crippen molar-refractivity contribution < 1.29 is 23.8 Å². The van der Waals surface area contributed by atoms with Crippen molar-refractivity contribution in [3.8, 4) is 0 Å². The zero-order valence-electron chi connectivity index (χ0n) is 11.5. The number of ketones is 1. The van der Waals surface area contributed by atoms with Crippen molar-refractivity contribution in [3.05, 3.63) is 10.6 Å². The van der Waals surface area contributed by atoms with Gasteiger partial charge < -0.3 is 14.2 Å². The third-order valence-electron chi connectivity index (χ3n) is 4.65. The van der Waals surface area contributed by atoms with Gasteiger partial charge in [0.25, 0.3) is 0 Å². The minimum Gasteiger partial charge on any atom is -0.466 e. The number of fused-ring (bicyclic) bond motifs is 1. The highest BCUT2D eigenvalue weighted by Crippen LogP contribution is 2.59. The van der Waals surface area contributed by atoms with E-state index >= 15 is 0 Å². The first-order valence-corrected chi connectivity index (χ1v) is 7.54. The number of carbonyl (C=O) groups excluding carboxylic acids is 2. The van der Waals surface area contributed by atoms with Gasteiger partial charge in [-0.15, -0.1) is 0 Å². The van der Waals surface area contributed by atoms with Gasteiger partial charge in [0, 0.05) is 13.0 Å². The van der Waals surface area contributed by atoms with Crippen LogP contribution in [0.1, 0.15) is 19.8 Å². The summed E-state index contributed by atoms with van der Waals surface area (Å²) >= 11 is 3.52. The molecule has 4 atom stereocenters. The number of hydrogen-bond donors (Lipinski definition) is 0. The first kappa shape index (κ1) is 14.2. The van der Waals surface area contributed by atoms with Gasteiger partial charge in [0.2, 0.25) is 0 Å². The summed E-state index contributed by atoms with van der Waals surface area (Å²) in [6.45, 7) is 2.56. The van der Waals surface area contributed by atoms with E-state index in [0.717, 1.165) is 4.48 Å². The number of epoxide rings is 1. The first-order valence-electron chi connectivity index (χ1n) is 6.75. The highest BCUT2D eigenvalue weighted by Gasteiger charge is 2.70. The molecule has 2 fully saturated rings. The lowest BCUT2D eigenvalue weighted by Gasteiger charge is -2.49. The standard InChI is InChI=1S/C14H17BrO5/c1-3-19-11(16)6-13(18-2)5-9-10(15)4-8(13)12(17)14(9)7-20-14/h4,8-9H,3,5-7H2,1-2H3/t8-,9+,13+,14-/m1/s1. The Morgan fingerprint density at radius 1 is 1.60 bits per heavy atom. The van der Waals surface area contributed by atoms with Gasteiger partial charge in [-0.05, 0) is 17.8 Å². The minimum absolute atomic E-state index is 0.0306. The third-order valence-corrected chi connectivity index (χ3v) is 5.47. The van der Waals surface area contributed by atoms with Crippen LogP contribution in [0.3, 0.4) is 0 Å². The number of methoxy groups -OCH3 is 1. The first-order chi connectivity index (χ1) is 9.49. The van der Waals surface area contributed by atoms with E-state index in [4.69, 9.17) is 14.2 Å². The normalized spacial score (nSPS) is 41.8. The zero-order chi connectivity index (χ0) is 14.5. The van der Waals surface area contributed by atoms with E-state index in [1.54, 1.807) is 14.0 Å². The molecule has 0 radical (unpaired) electrons. The Hall–Kier alpha value is -0.720. The molecule has 1 saturated carbocycles. The lowest BCUT2D eigenvalue weighted by molar-refractivity contribution is -0.166. The Morgan fingerprint density at radius 3 is 2.85 bits per heavy atom. The quantitative estimate of drug-likeness (QED) is 0.572. The van der Waals surface area contributed by atoms with E-state index in [1.807, 2.05) is 6.08 Å². The third kappa shape index (κ3) is 1.81. The number of esters is 1. The topological polar surface area (TPSA) is 65.1 Å². The second-order valence-corrected chi connectivity index (χ2v) is 6.49. The zero-order valence-corrected chi connectivity index (χ0v) is 13.1. The van der Waals surface area contributed by atoms with Gasteiger partial charge >= 0.3 is 5.97 Å². The van der Waals surface area contributed by atoms with Crippen LogP contribution < -0.4 is 0 Å². The summed E-state index contributed by atoms with van der Waals surface area (Å²) < 4.78 is 17.1. The maximum absolute atomic E-state index is 12.6. The summed E-state index contributed by atoms with van der Waals surface area (Å²) in [7, 11) is 1.55. The SMILES string of the molecule is CCOC(=O)C[C@@]1(OC)C[C@H]2C(Br)=C[C@@H]1C(=O)[C@@]21CO1. The smallest absolute Gasteiger partial charge is 0.308 e. The second kappa shape index (κ2) is 4.64. The summed E-state index contributed by atoms with van der Waals surface area (Å²) in [6.07, 6.45) is 2.55. The molecule has 5 nitrogen and oxygen atoms in total. The van der Waals surface area contributed by atoms with Gasteiger partial charge in [-0.1, -0.05) is 22.0 Å². The Balaban J connectivity index is 1.91. The minimum atomic E-state index is -0.803. The molecule has 0 aromatic rings. The van der Waals surface area contributed by atoms with Gasteiger partial charge in [0.05, 0.1) is 31.2 Å². The van der Waals surface area contributed by atoms with Crippen molar-refractivity contribution in [1.29, 1.82) is 0 Å². The summed E-state index contributed by atoms with van der Waals surface area (Å²) in [5.41, 5.74) is -1.47. The Morgan fingerprint density at radius 2 is 2.30 bits per heavy atom. The lowest BCUT2D eigenvalue weighted by Crippen LogP contribution is -2.60. The van der Waals surface area contributed by atoms with E-state index < -0.39 is 17.1 Å². The molecule has 6 heteroatoms. The van der Waals surface area contributed by atoms with Crippen molar-refractivity contribution in [2.45, 2.75) is 31.0 Å². The molecule has 0 aromatic heterocycles. The van der Waals surface area contributed by atoms with Gasteiger partial charge in [0.15, 0.2) is 11.4 Å². The van der Waals surface area contributed by atoms with Crippen molar-refractivity contribution in [3.63, 3.8) is 0 Å². The number of Topliss-reactive ketones (excluding diaryl/α,β-unsaturated/α-hetero) is 1. The molecule has 0 aromatic carbocycles. The van der Waals surface area contributed by atoms with Crippen LogP contribution in [0.15, 0.2) is 10.6 Å². The van der Waals surface area contributed by atoms with Gasteiger partial charge in [-0.25, -0.2) is 0 Å². The van der Waals surface area contributed by atoms with E-state index in [0.29, 0.717) is 19.6 Å². The summed E-state index contributed by atoms with van der Waals surface area (Å²) in [5.74, 6) is -0.818. The van der Waals surface area contributed by atoms with Crippen molar-refractivity contribution in [1.82, 2.24) is 0 Å². The van der Waals surface area contributed by atoms with Crippen molar-refractivity contribution in [2.75, 3.05) is 20.3 Å². The fourth-order valence-corrected chi connectivity index (χ4v) is 4.27. The Kier molecular flexibility index (Phi) is 3.30. The molecule has 1 saturated heterocycles. The summed E-state index contributed by atoms with van der Waals surface area (Å²) in [6, 6.07) is 0. The molecule has 0 amide bonds. The highest BCUT2D eigenvalue weighted by atomic mass is 79.9. The summed E-state index contributed by atoms with van der Waals surface area (Å²) in [4.78, 5) is 24.4. The van der Waals surface area contributed by atoms with E-state index in [1.165, 1.54) is 0 Å². The highest BCUT2D eigenvalue weighted by molar-refractivity contribution is 9.11. The number of halogens is 1. The van der Waals surface area contributed by atoms with Crippen LogP contribution >= 0.6 is 15.9 Å². The molecule has 2 bridgehead atoms. The second-order valence-electron chi connectivity index (χ2n) is 5.58. The van der Waals surface area contributed by atoms with Gasteiger partial charge in [0.1, 0.15) is 0 Å². The molecule has 1 spiro atoms. The molecule has 4 rings (SSSR count). The molecule has 1 heterocycles. The fraction of sp³-hybridized carbons (Fsp3) is 0.714. The van der Waals surface area contributed by atoms with Crippen LogP contribution in [0.4, 0.5) is 0 Å². The largest absolute Gasteiger partial charge is 0.466 e. The molecular weight excluding hydrogens is 328 g/mol. The fourth-order valence-electron chi connectivity index (χ4n) is 3.48. The summed E-state index contributed by atoms with van der Waals surface area (Å²) in [5, 5.41) is 0. The Labute approximate surface area is 125 Å². The predicted molar refractivity (Wildman–Crippen MR) is 73.3 cm³/mol. The van der Waals surface area contributed by atoms with Crippen molar-refractivity contribution >= 4 is 27.7 Å². The average molecular weight is 345 g/mol. The molecule has 0 unspecified atom stereocenters. The van der Waals surface area contributed by atoms with Crippen LogP contribution in [0, 0.1) is 11.8 Å². The number of carbonyl (C=O) groups is 2. The molecule has 1 aliphatic heterocycles. The molecule has 4 aliphatic rings. The molecule has 20 heavy (non-hydrogen) atoms. The Bertz CT molecular complexity index is 496. The molecule has 0 N–H and O–H groups in total. The van der Waals surface area contributed by atoms with E-state index in [-0.39, 0.29) is 24.1 Å². The molecule has 110 valence electrons. The number of hydrogen-bond acceptors (Lipinski definition) is 5. The number of rotatable bonds is 4. The lowest BCUT2D eigenvalue weighted by atomic mass is 9.59. The maximum Gasteiger partial charge on any atom is 0.308 e. The van der Waals surface area contributed by atoms with Crippen LogP contribution in [-0.2, 0) is 23.8 Å². The van der Waals surface area contributed by atoms with E-state index in [9.17, 15) is 9.59 Å². The molecular formula is C14H17BrO5. The van der Waals surface area contributed by atoms with Crippen LogP contribution in [0.2, 0.25) is 0 Å². The monoisotopic (exact) mass is 344 g/mol. The molecule has 3 aliphatic carbocycles. The number of ether oxygens (including phenoxy) is 3. The average Bonchev–Trinajstić information content (AvgIpc) is 3.19. The van der Waals surface area contributed by atoms with Gasteiger partial charge in [-0.2, -0.15) is 0 Å². The maximum atomic E-state index is 12.6.